The Morgan fingerprint density at radius 2 is 1.96 bits per heavy atom. The maximum Gasteiger partial charge on any atom is 0.264 e. The molecule has 3 heterocycles. The normalized spacial score (nSPS) is 15.9. The second kappa shape index (κ2) is 7.76. The van der Waals surface area contributed by atoms with Crippen LogP contribution in [0.3, 0.4) is 0 Å². The smallest absolute Gasteiger partial charge is 0.264 e. The van der Waals surface area contributed by atoms with Crippen molar-refractivity contribution in [2.45, 2.75) is 40.2 Å². The van der Waals surface area contributed by atoms with Gasteiger partial charge in [0.05, 0.1) is 15.6 Å². The molecular formula is C18H25N3OS2. The van der Waals surface area contributed by atoms with Gasteiger partial charge in [-0.05, 0) is 31.4 Å². The predicted molar refractivity (Wildman–Crippen MR) is 101 cm³/mol. The Labute approximate surface area is 152 Å². The topological polar surface area (TPSA) is 36.4 Å². The fraction of sp³-hybridized carbons (Fsp3) is 0.556. The van der Waals surface area contributed by atoms with E-state index in [1.54, 1.807) is 22.7 Å². The van der Waals surface area contributed by atoms with E-state index in [1.807, 2.05) is 4.90 Å². The lowest BCUT2D eigenvalue weighted by atomic mass is 10.2. The zero-order valence-electron chi connectivity index (χ0n) is 14.7. The highest BCUT2D eigenvalue weighted by molar-refractivity contribution is 7.14. The lowest BCUT2D eigenvalue weighted by Gasteiger charge is -2.34. The van der Waals surface area contributed by atoms with E-state index in [2.05, 4.69) is 42.1 Å². The highest BCUT2D eigenvalue weighted by Crippen LogP contribution is 2.24. The first kappa shape index (κ1) is 17.6. The van der Waals surface area contributed by atoms with Crippen LogP contribution in [0.15, 0.2) is 11.4 Å². The Hall–Kier alpha value is -1.24. The number of aromatic nitrogens is 1. The molecule has 0 radical (unpaired) electrons. The van der Waals surface area contributed by atoms with Crippen LogP contribution in [-0.2, 0) is 19.4 Å². The monoisotopic (exact) mass is 363 g/mol. The van der Waals surface area contributed by atoms with Gasteiger partial charge in [0.15, 0.2) is 0 Å². The van der Waals surface area contributed by atoms with Gasteiger partial charge in [0.25, 0.3) is 5.91 Å². The maximum absolute atomic E-state index is 12.7. The predicted octanol–water partition coefficient (Wildman–Crippen LogP) is 3.60. The molecule has 1 fully saturated rings. The van der Waals surface area contributed by atoms with Gasteiger partial charge in [0.2, 0.25) is 0 Å². The summed E-state index contributed by atoms with van der Waals surface area (Å²) in [5.41, 5.74) is 2.47. The Kier molecular flexibility index (Phi) is 5.69. The minimum atomic E-state index is 0.198. The number of rotatable bonds is 5. The van der Waals surface area contributed by atoms with E-state index in [0.717, 1.165) is 56.1 Å². The van der Waals surface area contributed by atoms with Crippen molar-refractivity contribution < 1.29 is 4.79 Å². The SMILES string of the molecule is CCc1nc(CN2CCN(C(=O)c3cc(CC)c(C)s3)CC2)cs1. The standard InChI is InChI=1S/C18H25N3OS2/c1-4-14-10-16(24-13(14)3)18(22)21-8-6-20(7-9-21)11-15-12-23-17(5-2)19-15/h10,12H,4-9,11H2,1-3H3. The molecular weight excluding hydrogens is 338 g/mol. The Morgan fingerprint density at radius 1 is 1.21 bits per heavy atom. The van der Waals surface area contributed by atoms with Crippen LogP contribution in [-0.4, -0.2) is 46.9 Å². The number of carbonyl (C=O) groups excluding carboxylic acids is 1. The van der Waals surface area contributed by atoms with E-state index < -0.39 is 0 Å². The first-order valence-electron chi connectivity index (χ1n) is 8.65. The number of hydrogen-bond donors (Lipinski definition) is 0. The average Bonchev–Trinajstić information content (AvgIpc) is 3.21. The molecule has 0 spiro atoms. The second-order valence-corrected chi connectivity index (χ2v) is 8.40. The molecule has 1 saturated heterocycles. The fourth-order valence-electron chi connectivity index (χ4n) is 3.05. The first-order valence-corrected chi connectivity index (χ1v) is 10.3. The average molecular weight is 364 g/mol. The van der Waals surface area contributed by atoms with E-state index in [0.29, 0.717) is 0 Å². The van der Waals surface area contributed by atoms with Crippen LogP contribution < -0.4 is 0 Å². The summed E-state index contributed by atoms with van der Waals surface area (Å²) in [5.74, 6) is 0.198. The minimum absolute atomic E-state index is 0.198. The number of aryl methyl sites for hydroxylation is 3. The van der Waals surface area contributed by atoms with Crippen molar-refractivity contribution in [1.29, 1.82) is 0 Å². The Balaban J connectivity index is 1.55. The number of amides is 1. The molecule has 1 aliphatic heterocycles. The van der Waals surface area contributed by atoms with Crippen molar-refractivity contribution in [2.75, 3.05) is 26.2 Å². The van der Waals surface area contributed by atoms with Gasteiger partial charge in [-0.1, -0.05) is 13.8 Å². The van der Waals surface area contributed by atoms with Gasteiger partial charge in [-0.3, -0.25) is 9.69 Å². The maximum atomic E-state index is 12.7. The number of hydrogen-bond acceptors (Lipinski definition) is 5. The van der Waals surface area contributed by atoms with Crippen LogP contribution in [0.5, 0.6) is 0 Å². The Morgan fingerprint density at radius 3 is 2.54 bits per heavy atom. The van der Waals surface area contributed by atoms with Crippen LogP contribution >= 0.6 is 22.7 Å². The summed E-state index contributed by atoms with van der Waals surface area (Å²) in [4.78, 5) is 23.9. The van der Waals surface area contributed by atoms with Gasteiger partial charge in [-0.25, -0.2) is 4.98 Å². The number of nitrogens with zero attached hydrogens (tertiary/aromatic N) is 3. The van der Waals surface area contributed by atoms with Crippen molar-refractivity contribution >= 4 is 28.6 Å². The molecule has 0 bridgehead atoms. The van der Waals surface area contributed by atoms with E-state index in [9.17, 15) is 4.79 Å². The van der Waals surface area contributed by atoms with Crippen LogP contribution in [0.2, 0.25) is 0 Å². The zero-order valence-corrected chi connectivity index (χ0v) is 16.3. The molecule has 0 atom stereocenters. The van der Waals surface area contributed by atoms with Crippen molar-refractivity contribution in [2.24, 2.45) is 0 Å². The Bertz CT molecular complexity index is 699. The quantitative estimate of drug-likeness (QED) is 0.814. The van der Waals surface area contributed by atoms with Crippen molar-refractivity contribution in [3.63, 3.8) is 0 Å². The summed E-state index contributed by atoms with van der Waals surface area (Å²) in [6, 6.07) is 2.08. The molecule has 4 nitrogen and oxygen atoms in total. The molecule has 6 heteroatoms. The molecule has 24 heavy (non-hydrogen) atoms. The largest absolute Gasteiger partial charge is 0.335 e. The molecule has 1 aliphatic rings. The lowest BCUT2D eigenvalue weighted by Crippen LogP contribution is -2.48. The molecule has 0 aliphatic carbocycles. The summed E-state index contributed by atoms with van der Waals surface area (Å²) in [7, 11) is 0. The molecule has 0 unspecified atom stereocenters. The van der Waals surface area contributed by atoms with Gasteiger partial charge >= 0.3 is 0 Å². The molecule has 2 aromatic rings. The van der Waals surface area contributed by atoms with Crippen LogP contribution in [0.4, 0.5) is 0 Å². The summed E-state index contributed by atoms with van der Waals surface area (Å²) >= 11 is 3.38. The highest BCUT2D eigenvalue weighted by atomic mass is 32.1. The molecule has 3 rings (SSSR count). The van der Waals surface area contributed by atoms with Crippen molar-refractivity contribution in [3.8, 4) is 0 Å². The van der Waals surface area contributed by atoms with Crippen LogP contribution in [0.25, 0.3) is 0 Å². The van der Waals surface area contributed by atoms with Crippen molar-refractivity contribution in [3.05, 3.63) is 37.5 Å². The van der Waals surface area contributed by atoms with Crippen molar-refractivity contribution in [1.82, 2.24) is 14.8 Å². The van der Waals surface area contributed by atoms with E-state index in [1.165, 1.54) is 15.4 Å². The van der Waals surface area contributed by atoms with Crippen LogP contribution in [0, 0.1) is 6.92 Å². The summed E-state index contributed by atoms with van der Waals surface area (Å²) in [6.07, 6.45) is 2.00. The van der Waals surface area contributed by atoms with E-state index >= 15 is 0 Å². The lowest BCUT2D eigenvalue weighted by molar-refractivity contribution is 0.0632. The summed E-state index contributed by atoms with van der Waals surface area (Å²) < 4.78 is 0. The van der Waals surface area contributed by atoms with E-state index in [-0.39, 0.29) is 5.91 Å². The molecule has 130 valence electrons. The number of piperazine rings is 1. The minimum Gasteiger partial charge on any atom is -0.335 e. The molecule has 0 aromatic carbocycles. The number of carbonyl (C=O) groups is 1. The van der Waals surface area contributed by atoms with Gasteiger partial charge in [-0.15, -0.1) is 22.7 Å². The summed E-state index contributed by atoms with van der Waals surface area (Å²) in [6.45, 7) is 10.8. The third-order valence-electron chi connectivity index (χ3n) is 4.56. The van der Waals surface area contributed by atoms with Crippen LogP contribution in [0.1, 0.15) is 44.7 Å². The molecule has 1 amide bonds. The van der Waals surface area contributed by atoms with Gasteiger partial charge < -0.3 is 4.90 Å². The van der Waals surface area contributed by atoms with Gasteiger partial charge in [0, 0.05) is 43.0 Å². The number of thiazole rings is 1. The summed E-state index contributed by atoms with van der Waals surface area (Å²) in [5, 5.41) is 3.37. The van der Waals surface area contributed by atoms with E-state index in [4.69, 9.17) is 0 Å². The third-order valence-corrected chi connectivity index (χ3v) is 6.68. The highest BCUT2D eigenvalue weighted by Gasteiger charge is 2.24. The zero-order chi connectivity index (χ0) is 17.1. The number of thiophene rings is 1. The van der Waals surface area contributed by atoms with Gasteiger partial charge in [-0.2, -0.15) is 0 Å². The fourth-order valence-corrected chi connectivity index (χ4v) is 4.87. The molecule has 2 aromatic heterocycles. The third kappa shape index (κ3) is 3.87. The van der Waals surface area contributed by atoms with Gasteiger partial charge in [0.1, 0.15) is 0 Å². The molecule has 0 saturated carbocycles. The first-order chi connectivity index (χ1) is 11.6. The molecule has 0 N–H and O–H groups in total. The second-order valence-electron chi connectivity index (χ2n) is 6.20.